The molecule has 0 fully saturated rings. The highest BCUT2D eigenvalue weighted by atomic mass is 79.9. The summed E-state index contributed by atoms with van der Waals surface area (Å²) in [4.78, 5) is 12.9. The molecular formula is C12H14BrN3O2S. The molecule has 7 heteroatoms. The minimum atomic E-state index is -0.172. The summed E-state index contributed by atoms with van der Waals surface area (Å²) in [6, 6.07) is 5.37. The molecule has 2 rings (SSSR count). The zero-order valence-electron chi connectivity index (χ0n) is 10.2. The van der Waals surface area contributed by atoms with Crippen LogP contribution in [0.25, 0.3) is 0 Å². The Balaban J connectivity index is 2.04. The normalized spacial score (nSPS) is 10.6. The van der Waals surface area contributed by atoms with Gasteiger partial charge in [0.1, 0.15) is 5.75 Å². The van der Waals surface area contributed by atoms with Gasteiger partial charge in [-0.1, -0.05) is 0 Å². The highest BCUT2D eigenvalue weighted by Crippen LogP contribution is 2.22. The van der Waals surface area contributed by atoms with Gasteiger partial charge in [0.05, 0.1) is 23.1 Å². The molecule has 102 valence electrons. The molecule has 2 aromatic heterocycles. The van der Waals surface area contributed by atoms with Crippen molar-refractivity contribution < 1.29 is 4.74 Å². The van der Waals surface area contributed by atoms with E-state index in [9.17, 15) is 4.79 Å². The van der Waals surface area contributed by atoms with Crippen LogP contribution in [0.4, 0.5) is 0 Å². The second-order valence-corrected chi connectivity index (χ2v) is 6.43. The molecule has 0 saturated heterocycles. The Bertz CT molecular complexity index is 597. The topological polar surface area (TPSA) is 70.1 Å². The molecule has 5 nitrogen and oxygen atoms in total. The Kier molecular flexibility index (Phi) is 5.12. The predicted octanol–water partition coefficient (Wildman–Crippen LogP) is 1.84. The van der Waals surface area contributed by atoms with Crippen molar-refractivity contribution in [2.45, 2.75) is 13.0 Å². The number of hydrogen-bond acceptors (Lipinski definition) is 5. The fraction of sp³-hybridized carbons (Fsp3) is 0.333. The van der Waals surface area contributed by atoms with E-state index in [1.165, 1.54) is 10.7 Å². The number of halogens is 1. The molecular weight excluding hydrogens is 330 g/mol. The van der Waals surface area contributed by atoms with Crippen LogP contribution in [-0.2, 0) is 6.54 Å². The van der Waals surface area contributed by atoms with E-state index >= 15 is 0 Å². The fourth-order valence-electron chi connectivity index (χ4n) is 1.47. The number of aromatic nitrogens is 2. The summed E-state index contributed by atoms with van der Waals surface area (Å²) in [5, 5.41) is 4.10. The Hall–Kier alpha value is -1.18. The molecule has 0 aliphatic heterocycles. The Morgan fingerprint density at radius 2 is 2.32 bits per heavy atom. The van der Waals surface area contributed by atoms with Gasteiger partial charge in [0.15, 0.2) is 0 Å². The minimum absolute atomic E-state index is 0.172. The summed E-state index contributed by atoms with van der Waals surface area (Å²) in [7, 11) is 0. The average molecular weight is 344 g/mol. The summed E-state index contributed by atoms with van der Waals surface area (Å²) in [6.07, 6.45) is 2.31. The van der Waals surface area contributed by atoms with Gasteiger partial charge < -0.3 is 10.5 Å². The third-order valence-corrected chi connectivity index (χ3v) is 4.00. The van der Waals surface area contributed by atoms with Crippen molar-refractivity contribution in [1.29, 1.82) is 0 Å². The Morgan fingerprint density at radius 1 is 1.47 bits per heavy atom. The van der Waals surface area contributed by atoms with Crippen molar-refractivity contribution >= 4 is 27.3 Å². The second kappa shape index (κ2) is 6.83. The van der Waals surface area contributed by atoms with Gasteiger partial charge in [0, 0.05) is 10.9 Å². The van der Waals surface area contributed by atoms with Gasteiger partial charge in [-0.15, -0.1) is 11.3 Å². The lowest BCUT2D eigenvalue weighted by Crippen LogP contribution is -2.22. The molecule has 0 saturated carbocycles. The summed E-state index contributed by atoms with van der Waals surface area (Å²) in [6.45, 7) is 1.54. The van der Waals surface area contributed by atoms with Crippen molar-refractivity contribution in [2.75, 3.05) is 13.2 Å². The van der Waals surface area contributed by atoms with Crippen LogP contribution in [0.3, 0.4) is 0 Å². The van der Waals surface area contributed by atoms with Crippen molar-refractivity contribution in [3.05, 3.63) is 43.4 Å². The number of hydrogen-bond donors (Lipinski definition) is 1. The zero-order chi connectivity index (χ0) is 13.7. The molecule has 0 unspecified atom stereocenters. The molecule has 0 atom stereocenters. The molecule has 2 heterocycles. The lowest BCUT2D eigenvalue weighted by Gasteiger charge is -2.06. The molecule has 0 aliphatic carbocycles. The Labute approximate surface area is 123 Å². The molecule has 2 N–H and O–H groups in total. The smallest absolute Gasteiger partial charge is 0.270 e. The van der Waals surface area contributed by atoms with E-state index in [2.05, 4.69) is 21.0 Å². The van der Waals surface area contributed by atoms with Gasteiger partial charge in [0.25, 0.3) is 5.56 Å². The van der Waals surface area contributed by atoms with Crippen molar-refractivity contribution in [3.8, 4) is 5.75 Å². The maximum Gasteiger partial charge on any atom is 0.270 e. The molecule has 0 spiro atoms. The van der Waals surface area contributed by atoms with Crippen LogP contribution in [0.2, 0.25) is 0 Å². The van der Waals surface area contributed by atoms with Gasteiger partial charge in [-0.3, -0.25) is 4.79 Å². The van der Waals surface area contributed by atoms with Gasteiger partial charge in [0.2, 0.25) is 0 Å². The van der Waals surface area contributed by atoms with Crippen LogP contribution in [-0.4, -0.2) is 22.9 Å². The van der Waals surface area contributed by atoms with Crippen LogP contribution >= 0.6 is 27.3 Å². The van der Waals surface area contributed by atoms with Crippen molar-refractivity contribution in [1.82, 2.24) is 9.78 Å². The highest BCUT2D eigenvalue weighted by molar-refractivity contribution is 9.11. The van der Waals surface area contributed by atoms with E-state index in [-0.39, 0.29) is 5.56 Å². The van der Waals surface area contributed by atoms with E-state index in [1.807, 2.05) is 12.1 Å². The fourth-order valence-corrected chi connectivity index (χ4v) is 2.94. The molecule has 19 heavy (non-hydrogen) atoms. The summed E-state index contributed by atoms with van der Waals surface area (Å²) >= 11 is 4.98. The van der Waals surface area contributed by atoms with Crippen LogP contribution in [0.5, 0.6) is 5.75 Å². The maximum atomic E-state index is 11.9. The molecule has 2 aromatic rings. The molecule has 0 amide bonds. The van der Waals surface area contributed by atoms with E-state index < -0.39 is 0 Å². The quantitative estimate of drug-likeness (QED) is 0.812. The first-order valence-corrected chi connectivity index (χ1v) is 7.44. The van der Waals surface area contributed by atoms with Crippen LogP contribution in [0.15, 0.2) is 33.0 Å². The van der Waals surface area contributed by atoms with Crippen LogP contribution in [0.1, 0.15) is 11.3 Å². The largest absolute Gasteiger partial charge is 0.492 e. The monoisotopic (exact) mass is 343 g/mol. The first-order chi connectivity index (χ1) is 9.19. The van der Waals surface area contributed by atoms with E-state index in [0.717, 1.165) is 15.1 Å². The number of nitrogens with two attached hydrogens (primary N) is 1. The lowest BCUT2D eigenvalue weighted by atomic mass is 10.4. The second-order valence-electron chi connectivity index (χ2n) is 3.88. The Morgan fingerprint density at radius 3 is 2.95 bits per heavy atom. The first kappa shape index (κ1) is 14.2. The van der Waals surface area contributed by atoms with Crippen LogP contribution < -0.4 is 16.0 Å². The predicted molar refractivity (Wildman–Crippen MR) is 78.8 cm³/mol. The van der Waals surface area contributed by atoms with Gasteiger partial charge in [-0.05, 0) is 41.0 Å². The molecule has 0 aliphatic rings. The highest BCUT2D eigenvalue weighted by Gasteiger charge is 2.04. The SMILES string of the molecule is NCCCOc1cnn(Cc2ccc(Br)s2)c(=O)c1. The minimum Gasteiger partial charge on any atom is -0.492 e. The number of rotatable bonds is 6. The van der Waals surface area contributed by atoms with Crippen molar-refractivity contribution in [2.24, 2.45) is 5.73 Å². The van der Waals surface area contributed by atoms with E-state index in [4.69, 9.17) is 10.5 Å². The molecule has 0 bridgehead atoms. The summed E-state index contributed by atoms with van der Waals surface area (Å²) < 4.78 is 7.83. The average Bonchev–Trinajstić information content (AvgIpc) is 2.79. The lowest BCUT2D eigenvalue weighted by molar-refractivity contribution is 0.309. The maximum absolute atomic E-state index is 11.9. The number of nitrogens with zero attached hydrogens (tertiary/aromatic N) is 2. The van der Waals surface area contributed by atoms with Crippen molar-refractivity contribution in [3.63, 3.8) is 0 Å². The number of ether oxygens (including phenoxy) is 1. The van der Waals surface area contributed by atoms with E-state index in [0.29, 0.717) is 25.4 Å². The van der Waals surface area contributed by atoms with Crippen LogP contribution in [0, 0.1) is 0 Å². The standard InChI is InChI=1S/C12H14BrN3O2S/c13-11-3-2-10(19-11)8-16-12(17)6-9(7-15-16)18-5-1-4-14/h2-3,6-7H,1,4-5,8,14H2. The zero-order valence-corrected chi connectivity index (χ0v) is 12.6. The first-order valence-electron chi connectivity index (χ1n) is 5.83. The third kappa shape index (κ3) is 4.15. The van der Waals surface area contributed by atoms with E-state index in [1.54, 1.807) is 17.5 Å². The summed E-state index contributed by atoms with van der Waals surface area (Å²) in [5.41, 5.74) is 5.20. The molecule has 0 radical (unpaired) electrons. The number of thiophene rings is 1. The molecule has 0 aromatic carbocycles. The van der Waals surface area contributed by atoms with Gasteiger partial charge in [-0.2, -0.15) is 5.10 Å². The van der Waals surface area contributed by atoms with Gasteiger partial charge in [-0.25, -0.2) is 4.68 Å². The third-order valence-electron chi connectivity index (χ3n) is 2.40. The van der Waals surface area contributed by atoms with Gasteiger partial charge >= 0.3 is 0 Å². The summed E-state index contributed by atoms with van der Waals surface area (Å²) in [5.74, 6) is 0.488.